The van der Waals surface area contributed by atoms with Gasteiger partial charge in [-0.15, -0.1) is 0 Å². The summed E-state index contributed by atoms with van der Waals surface area (Å²) in [5.41, 5.74) is -0.201. The van der Waals surface area contributed by atoms with Crippen molar-refractivity contribution in [2.45, 2.75) is 6.42 Å². The molecule has 2 bridgehead atoms. The molecule has 1 aromatic rings. The molecule has 4 rings (SSSR count). The number of benzene rings is 1. The Morgan fingerprint density at radius 1 is 1.16 bits per heavy atom. The van der Waals surface area contributed by atoms with Crippen LogP contribution in [0.25, 0.3) is 0 Å². The van der Waals surface area contributed by atoms with Crippen molar-refractivity contribution in [3.05, 3.63) is 46.5 Å². The molecule has 3 amide bonds. The number of allylic oxidation sites excluding steroid dienone is 2. The molecule has 1 saturated heterocycles. The number of hydrogen-bond donors (Lipinski definition) is 1. The van der Waals surface area contributed by atoms with Crippen LogP contribution in [0.1, 0.15) is 6.42 Å². The molecule has 8 nitrogen and oxygen atoms in total. The summed E-state index contributed by atoms with van der Waals surface area (Å²) in [6.45, 7) is -0.420. The third-order valence-electron chi connectivity index (χ3n) is 5.24. The third kappa shape index (κ3) is 2.33. The maximum Gasteiger partial charge on any atom is 0.292 e. The van der Waals surface area contributed by atoms with Crippen LogP contribution in [0.2, 0.25) is 0 Å². The summed E-state index contributed by atoms with van der Waals surface area (Å²) >= 11 is 0. The van der Waals surface area contributed by atoms with Gasteiger partial charge in [0.05, 0.1) is 16.8 Å². The fraction of sp³-hybridized carbons (Fsp3) is 0.353. The lowest BCUT2D eigenvalue weighted by atomic mass is 9.85. The SMILES string of the molecule is O=C(CN1C(=O)C2C3C=CC(C3)C2C1=O)Nc1ccccc1[N+](=O)[O-]. The Morgan fingerprint density at radius 2 is 1.76 bits per heavy atom. The summed E-state index contributed by atoms with van der Waals surface area (Å²) in [6.07, 6.45) is 4.78. The number of nitro benzene ring substituents is 1. The molecule has 25 heavy (non-hydrogen) atoms. The van der Waals surface area contributed by atoms with Crippen LogP contribution in [0.5, 0.6) is 0 Å². The van der Waals surface area contributed by atoms with E-state index in [2.05, 4.69) is 5.32 Å². The summed E-state index contributed by atoms with van der Waals surface area (Å²) < 4.78 is 0. The third-order valence-corrected chi connectivity index (χ3v) is 5.24. The minimum absolute atomic E-state index is 0.0403. The number of carbonyl (C=O) groups excluding carboxylic acids is 3. The fourth-order valence-corrected chi connectivity index (χ4v) is 4.19. The largest absolute Gasteiger partial charge is 0.319 e. The first kappa shape index (κ1) is 15.5. The van der Waals surface area contributed by atoms with E-state index in [1.807, 2.05) is 12.2 Å². The Bertz CT molecular complexity index is 803. The highest BCUT2D eigenvalue weighted by atomic mass is 16.6. The van der Waals surface area contributed by atoms with E-state index in [0.717, 1.165) is 11.3 Å². The molecule has 0 spiro atoms. The quantitative estimate of drug-likeness (QED) is 0.385. The van der Waals surface area contributed by atoms with Gasteiger partial charge in [-0.3, -0.25) is 29.4 Å². The summed E-state index contributed by atoms with van der Waals surface area (Å²) in [5.74, 6) is -1.82. The molecule has 1 N–H and O–H groups in total. The van der Waals surface area contributed by atoms with Crippen LogP contribution in [0.4, 0.5) is 11.4 Å². The molecule has 4 atom stereocenters. The van der Waals surface area contributed by atoms with Gasteiger partial charge in [0, 0.05) is 6.07 Å². The molecule has 4 unspecified atom stereocenters. The molecule has 2 aliphatic carbocycles. The molecule has 0 radical (unpaired) electrons. The topological polar surface area (TPSA) is 110 Å². The number of hydrogen-bond acceptors (Lipinski definition) is 5. The van der Waals surface area contributed by atoms with Gasteiger partial charge >= 0.3 is 0 Å². The molecule has 0 aromatic heterocycles. The van der Waals surface area contributed by atoms with Crippen molar-refractivity contribution >= 4 is 29.1 Å². The number of carbonyl (C=O) groups is 3. The predicted molar refractivity (Wildman–Crippen MR) is 86.2 cm³/mol. The zero-order valence-electron chi connectivity index (χ0n) is 13.1. The minimum atomic E-state index is -0.628. The molecular formula is C17H15N3O5. The maximum absolute atomic E-state index is 12.5. The lowest BCUT2D eigenvalue weighted by Crippen LogP contribution is -2.39. The molecule has 8 heteroatoms. The van der Waals surface area contributed by atoms with Crippen LogP contribution >= 0.6 is 0 Å². The van der Waals surface area contributed by atoms with Crippen molar-refractivity contribution in [3.8, 4) is 0 Å². The summed E-state index contributed by atoms with van der Waals surface area (Å²) in [6, 6.07) is 5.73. The molecule has 3 aliphatic rings. The highest BCUT2D eigenvalue weighted by molar-refractivity contribution is 6.09. The standard InChI is InChI=1S/C17H15N3O5/c21-13(18-11-3-1-2-4-12(11)20(24)25)8-19-16(22)14-9-5-6-10(7-9)15(14)17(19)23/h1-6,9-10,14-15H,7-8H2,(H,18,21). The number of amides is 3. The van der Waals surface area contributed by atoms with Gasteiger partial charge in [0.2, 0.25) is 17.7 Å². The van der Waals surface area contributed by atoms with Crippen molar-refractivity contribution in [2.24, 2.45) is 23.7 Å². The van der Waals surface area contributed by atoms with E-state index in [4.69, 9.17) is 0 Å². The Balaban J connectivity index is 1.48. The van der Waals surface area contributed by atoms with Crippen LogP contribution in [-0.4, -0.2) is 34.1 Å². The smallest absolute Gasteiger partial charge is 0.292 e. The number of nitrogens with zero attached hydrogens (tertiary/aromatic N) is 2. The van der Waals surface area contributed by atoms with Gasteiger partial charge in [-0.2, -0.15) is 0 Å². The monoisotopic (exact) mass is 341 g/mol. The molecule has 2 fully saturated rings. The van der Waals surface area contributed by atoms with Crippen LogP contribution in [0.15, 0.2) is 36.4 Å². The Kier molecular flexibility index (Phi) is 3.41. The number of nitrogens with one attached hydrogen (secondary N) is 1. The molecule has 128 valence electrons. The van der Waals surface area contributed by atoms with Gasteiger partial charge < -0.3 is 5.32 Å². The van der Waals surface area contributed by atoms with E-state index in [-0.39, 0.29) is 46.9 Å². The van der Waals surface area contributed by atoms with E-state index in [0.29, 0.717) is 0 Å². The van der Waals surface area contributed by atoms with Crippen molar-refractivity contribution < 1.29 is 19.3 Å². The highest BCUT2D eigenvalue weighted by Gasteiger charge is 2.59. The molecule has 1 aromatic carbocycles. The molecule has 1 aliphatic heterocycles. The van der Waals surface area contributed by atoms with Crippen LogP contribution < -0.4 is 5.32 Å². The second kappa shape index (κ2) is 5.51. The lowest BCUT2D eigenvalue weighted by Gasteiger charge is -2.16. The number of fused-ring (bicyclic) bond motifs is 5. The molecular weight excluding hydrogens is 326 g/mol. The van der Waals surface area contributed by atoms with E-state index >= 15 is 0 Å². The highest BCUT2D eigenvalue weighted by Crippen LogP contribution is 2.52. The van der Waals surface area contributed by atoms with Crippen molar-refractivity contribution in [2.75, 3.05) is 11.9 Å². The number of rotatable bonds is 4. The van der Waals surface area contributed by atoms with Gasteiger partial charge in [0.15, 0.2) is 0 Å². The first-order valence-corrected chi connectivity index (χ1v) is 8.04. The fourth-order valence-electron chi connectivity index (χ4n) is 4.19. The average molecular weight is 341 g/mol. The minimum Gasteiger partial charge on any atom is -0.319 e. The summed E-state index contributed by atoms with van der Waals surface area (Å²) in [7, 11) is 0. The first-order valence-electron chi connectivity index (χ1n) is 8.04. The maximum atomic E-state index is 12.5. The van der Waals surface area contributed by atoms with Gasteiger partial charge in [-0.1, -0.05) is 24.3 Å². The van der Waals surface area contributed by atoms with Crippen LogP contribution in [-0.2, 0) is 14.4 Å². The molecule has 1 heterocycles. The van der Waals surface area contributed by atoms with Gasteiger partial charge in [0.25, 0.3) is 5.69 Å². The number of imide groups is 1. The van der Waals surface area contributed by atoms with Crippen LogP contribution in [0, 0.1) is 33.8 Å². The van der Waals surface area contributed by atoms with Crippen LogP contribution in [0.3, 0.4) is 0 Å². The summed E-state index contributed by atoms with van der Waals surface area (Å²) in [5, 5.41) is 13.4. The van der Waals surface area contributed by atoms with Gasteiger partial charge in [-0.05, 0) is 24.3 Å². The number of nitro groups is 1. The number of para-hydroxylation sites is 2. The zero-order valence-corrected chi connectivity index (χ0v) is 13.1. The number of likely N-dealkylation sites (tertiary alicyclic amines) is 1. The average Bonchev–Trinajstić information content (AvgIpc) is 3.25. The Hall–Kier alpha value is -3.03. The van der Waals surface area contributed by atoms with E-state index in [1.165, 1.54) is 18.2 Å². The van der Waals surface area contributed by atoms with Gasteiger partial charge in [0.1, 0.15) is 12.2 Å². The summed E-state index contributed by atoms with van der Waals surface area (Å²) in [4.78, 5) is 48.7. The van der Waals surface area contributed by atoms with E-state index < -0.39 is 17.4 Å². The normalized spacial score (nSPS) is 29.2. The second-order valence-electron chi connectivity index (χ2n) is 6.58. The van der Waals surface area contributed by atoms with Crippen molar-refractivity contribution in [1.82, 2.24) is 4.90 Å². The first-order chi connectivity index (χ1) is 12.0. The predicted octanol–water partition coefficient (Wildman–Crippen LogP) is 1.34. The lowest BCUT2D eigenvalue weighted by molar-refractivity contribution is -0.383. The zero-order chi connectivity index (χ0) is 17.7. The van der Waals surface area contributed by atoms with Crippen molar-refractivity contribution in [3.63, 3.8) is 0 Å². The number of anilines is 1. The van der Waals surface area contributed by atoms with E-state index in [1.54, 1.807) is 6.07 Å². The second-order valence-corrected chi connectivity index (χ2v) is 6.58. The van der Waals surface area contributed by atoms with E-state index in [9.17, 15) is 24.5 Å². The van der Waals surface area contributed by atoms with Crippen molar-refractivity contribution in [1.29, 1.82) is 0 Å². The molecule has 1 saturated carbocycles. The Morgan fingerprint density at radius 3 is 2.36 bits per heavy atom. The van der Waals surface area contributed by atoms with Gasteiger partial charge in [-0.25, -0.2) is 0 Å². The Labute approximate surface area is 142 Å².